The van der Waals surface area contributed by atoms with Gasteiger partial charge in [-0.15, -0.1) is 0 Å². The number of carbonyl (C=O) groups is 2. The van der Waals surface area contributed by atoms with Gasteiger partial charge in [0, 0.05) is 6.42 Å². The zero-order valence-corrected chi connectivity index (χ0v) is 14.8. The summed E-state index contributed by atoms with van der Waals surface area (Å²) in [5.41, 5.74) is -0.452. The third kappa shape index (κ3) is 10.6. The zero-order valence-electron chi connectivity index (χ0n) is 14.8. The maximum Gasteiger partial charge on any atom is 0.306 e. The highest BCUT2D eigenvalue weighted by Gasteiger charge is 2.24. The molecule has 0 aliphatic rings. The molecule has 22 heavy (non-hydrogen) atoms. The van der Waals surface area contributed by atoms with Gasteiger partial charge in [-0.05, 0) is 39.5 Å². The molecule has 0 rings (SSSR count). The van der Waals surface area contributed by atoms with Crippen LogP contribution < -0.4 is 0 Å². The average Bonchev–Trinajstić information content (AvgIpc) is 2.42. The molecule has 0 bridgehead atoms. The Morgan fingerprint density at radius 2 is 1.64 bits per heavy atom. The van der Waals surface area contributed by atoms with Gasteiger partial charge in [0.05, 0.1) is 5.92 Å². The molecule has 4 heteroatoms. The van der Waals surface area contributed by atoms with Crippen molar-refractivity contribution in [1.29, 1.82) is 0 Å². The molecule has 0 aromatic heterocycles. The van der Waals surface area contributed by atoms with Gasteiger partial charge in [0.2, 0.25) is 0 Å². The van der Waals surface area contributed by atoms with E-state index in [0.717, 1.165) is 19.3 Å². The molecule has 1 N–H and O–H groups in total. The minimum Gasteiger partial charge on any atom is -0.481 e. The van der Waals surface area contributed by atoms with Crippen LogP contribution in [0.5, 0.6) is 0 Å². The van der Waals surface area contributed by atoms with Crippen LogP contribution in [0.15, 0.2) is 0 Å². The summed E-state index contributed by atoms with van der Waals surface area (Å²) in [5, 5.41) is 9.08. The van der Waals surface area contributed by atoms with Crippen LogP contribution in [0.25, 0.3) is 0 Å². The monoisotopic (exact) mass is 314 g/mol. The molecule has 0 aromatic carbocycles. The first-order valence-corrected chi connectivity index (χ1v) is 8.77. The molecule has 0 aromatic rings. The molecule has 0 amide bonds. The number of carboxylic acids is 1. The van der Waals surface area contributed by atoms with Gasteiger partial charge < -0.3 is 9.84 Å². The lowest BCUT2D eigenvalue weighted by atomic mass is 9.97. The van der Waals surface area contributed by atoms with Crippen molar-refractivity contribution in [1.82, 2.24) is 0 Å². The number of rotatable bonds is 13. The first-order chi connectivity index (χ1) is 10.3. The normalized spacial score (nSPS) is 12.9. The Labute approximate surface area is 135 Å². The quantitative estimate of drug-likeness (QED) is 0.386. The average molecular weight is 314 g/mol. The summed E-state index contributed by atoms with van der Waals surface area (Å²) in [7, 11) is 0. The maximum absolute atomic E-state index is 11.9. The molecule has 0 heterocycles. The minimum absolute atomic E-state index is 0.191. The standard InChI is InChI=1S/C18H34O4/c1-5-7-8-9-10-14-18(3,4)22-16(19)13-12-15(11-6-2)17(20)21/h15H,5-14H2,1-4H3,(H,20,21). The third-order valence-electron chi connectivity index (χ3n) is 3.96. The minimum atomic E-state index is -0.815. The Bertz CT molecular complexity index is 323. The molecule has 0 aliphatic carbocycles. The second-order valence-electron chi connectivity index (χ2n) is 6.76. The van der Waals surface area contributed by atoms with Crippen LogP contribution in [0.2, 0.25) is 0 Å². The Hall–Kier alpha value is -1.06. The van der Waals surface area contributed by atoms with Crippen molar-refractivity contribution in [3.8, 4) is 0 Å². The smallest absolute Gasteiger partial charge is 0.306 e. The highest BCUT2D eigenvalue weighted by Crippen LogP contribution is 2.21. The van der Waals surface area contributed by atoms with Crippen LogP contribution >= 0.6 is 0 Å². The van der Waals surface area contributed by atoms with E-state index in [1.165, 1.54) is 25.7 Å². The van der Waals surface area contributed by atoms with Crippen molar-refractivity contribution in [2.75, 3.05) is 0 Å². The van der Waals surface area contributed by atoms with Crippen molar-refractivity contribution >= 4 is 11.9 Å². The van der Waals surface area contributed by atoms with Gasteiger partial charge in [-0.1, -0.05) is 46.0 Å². The summed E-state index contributed by atoms with van der Waals surface area (Å²) in [6.07, 6.45) is 8.80. The number of hydrogen-bond acceptors (Lipinski definition) is 3. The van der Waals surface area contributed by atoms with E-state index in [4.69, 9.17) is 9.84 Å². The Kier molecular flexibility index (Phi) is 10.9. The van der Waals surface area contributed by atoms with E-state index in [1.54, 1.807) is 0 Å². The molecule has 4 nitrogen and oxygen atoms in total. The van der Waals surface area contributed by atoms with Gasteiger partial charge in [0.25, 0.3) is 0 Å². The number of hydrogen-bond donors (Lipinski definition) is 1. The number of esters is 1. The zero-order chi connectivity index (χ0) is 17.0. The first-order valence-electron chi connectivity index (χ1n) is 8.77. The Balaban J connectivity index is 4.03. The molecule has 1 atom stereocenters. The lowest BCUT2D eigenvalue weighted by molar-refractivity contribution is -0.157. The van der Waals surface area contributed by atoms with Crippen LogP contribution in [0, 0.1) is 5.92 Å². The van der Waals surface area contributed by atoms with E-state index in [9.17, 15) is 9.59 Å². The summed E-state index contributed by atoms with van der Waals surface area (Å²) in [6.45, 7) is 8.02. The number of carboxylic acid groups (broad SMARTS) is 1. The predicted octanol–water partition coefficient (Wildman–Crippen LogP) is 4.95. The molecule has 0 spiro atoms. The van der Waals surface area contributed by atoms with E-state index in [1.807, 2.05) is 20.8 Å². The fourth-order valence-corrected chi connectivity index (χ4v) is 2.60. The highest BCUT2D eigenvalue weighted by molar-refractivity contribution is 5.73. The summed E-state index contributed by atoms with van der Waals surface area (Å²) in [6, 6.07) is 0. The van der Waals surface area contributed by atoms with E-state index in [-0.39, 0.29) is 12.4 Å². The van der Waals surface area contributed by atoms with Crippen molar-refractivity contribution in [3.63, 3.8) is 0 Å². The van der Waals surface area contributed by atoms with E-state index < -0.39 is 17.5 Å². The van der Waals surface area contributed by atoms with Crippen LogP contribution in [-0.4, -0.2) is 22.6 Å². The van der Waals surface area contributed by atoms with Crippen molar-refractivity contribution < 1.29 is 19.4 Å². The highest BCUT2D eigenvalue weighted by atomic mass is 16.6. The topological polar surface area (TPSA) is 63.6 Å². The molecule has 0 aliphatic heterocycles. The molecule has 0 fully saturated rings. The molecule has 1 unspecified atom stereocenters. The van der Waals surface area contributed by atoms with Crippen molar-refractivity contribution in [2.24, 2.45) is 5.92 Å². The molecule has 130 valence electrons. The number of ether oxygens (including phenoxy) is 1. The van der Waals surface area contributed by atoms with Gasteiger partial charge in [0.1, 0.15) is 5.60 Å². The fraction of sp³-hybridized carbons (Fsp3) is 0.889. The number of unbranched alkanes of at least 4 members (excludes halogenated alkanes) is 4. The first kappa shape index (κ1) is 20.9. The van der Waals surface area contributed by atoms with E-state index in [0.29, 0.717) is 12.8 Å². The van der Waals surface area contributed by atoms with Crippen molar-refractivity contribution in [3.05, 3.63) is 0 Å². The second kappa shape index (κ2) is 11.5. The summed E-state index contributed by atoms with van der Waals surface area (Å²) < 4.78 is 5.52. The summed E-state index contributed by atoms with van der Waals surface area (Å²) >= 11 is 0. The van der Waals surface area contributed by atoms with Crippen LogP contribution in [0.1, 0.15) is 91.9 Å². The Morgan fingerprint density at radius 3 is 2.18 bits per heavy atom. The SMILES string of the molecule is CCCCCCCC(C)(C)OC(=O)CCC(CCC)C(=O)O. The molecule has 0 saturated heterocycles. The van der Waals surface area contributed by atoms with Gasteiger partial charge in [-0.3, -0.25) is 9.59 Å². The van der Waals surface area contributed by atoms with Gasteiger partial charge >= 0.3 is 11.9 Å². The molecule has 0 saturated carbocycles. The number of carbonyl (C=O) groups excluding carboxylic acids is 1. The van der Waals surface area contributed by atoms with E-state index >= 15 is 0 Å². The fourth-order valence-electron chi connectivity index (χ4n) is 2.60. The van der Waals surface area contributed by atoms with Gasteiger partial charge in [0.15, 0.2) is 0 Å². The lowest BCUT2D eigenvalue weighted by Crippen LogP contribution is -2.28. The van der Waals surface area contributed by atoms with Gasteiger partial charge in [-0.2, -0.15) is 0 Å². The maximum atomic E-state index is 11.9. The largest absolute Gasteiger partial charge is 0.481 e. The second-order valence-corrected chi connectivity index (χ2v) is 6.76. The Morgan fingerprint density at radius 1 is 1.00 bits per heavy atom. The third-order valence-corrected chi connectivity index (χ3v) is 3.96. The summed E-state index contributed by atoms with van der Waals surface area (Å²) in [5.74, 6) is -1.53. The molecular formula is C18H34O4. The number of aliphatic carboxylic acids is 1. The van der Waals surface area contributed by atoms with Crippen molar-refractivity contribution in [2.45, 2.75) is 97.5 Å². The predicted molar refractivity (Wildman–Crippen MR) is 88.8 cm³/mol. The summed E-state index contributed by atoms with van der Waals surface area (Å²) in [4.78, 5) is 23.0. The van der Waals surface area contributed by atoms with Gasteiger partial charge in [-0.25, -0.2) is 0 Å². The van der Waals surface area contributed by atoms with Crippen LogP contribution in [0.3, 0.4) is 0 Å². The van der Waals surface area contributed by atoms with E-state index in [2.05, 4.69) is 6.92 Å². The van der Waals surface area contributed by atoms with Crippen LogP contribution in [-0.2, 0) is 14.3 Å². The van der Waals surface area contributed by atoms with Crippen LogP contribution in [0.4, 0.5) is 0 Å². The molecule has 0 radical (unpaired) electrons. The lowest BCUT2D eigenvalue weighted by Gasteiger charge is -2.25. The molecular weight excluding hydrogens is 280 g/mol.